The van der Waals surface area contributed by atoms with Crippen LogP contribution in [0.1, 0.15) is 16.2 Å². The van der Waals surface area contributed by atoms with Gasteiger partial charge in [0.05, 0.1) is 17.4 Å². The zero-order valence-corrected chi connectivity index (χ0v) is 13.5. The molecular formula is C18H13N5O3. The first-order valence-electron chi connectivity index (χ1n) is 7.81. The Labute approximate surface area is 148 Å². The maximum atomic E-state index is 12.4. The van der Waals surface area contributed by atoms with Crippen molar-refractivity contribution < 1.29 is 13.9 Å². The molecule has 0 amide bonds. The number of ether oxygens (including phenoxy) is 1. The number of esters is 1. The maximum Gasteiger partial charge on any atom is 0.340 e. The molecule has 0 unspecified atom stereocenters. The van der Waals surface area contributed by atoms with E-state index in [4.69, 9.17) is 9.15 Å². The van der Waals surface area contributed by atoms with Crippen LogP contribution in [0.15, 0.2) is 71.5 Å². The number of hydrogen-bond acceptors (Lipinski definition) is 7. The Kier molecular flexibility index (Phi) is 4.21. The predicted octanol–water partition coefficient (Wildman–Crippen LogP) is 2.67. The lowest BCUT2D eigenvalue weighted by molar-refractivity contribution is 0.0439. The summed E-state index contributed by atoms with van der Waals surface area (Å²) < 4.78 is 12.4. The van der Waals surface area contributed by atoms with E-state index in [1.54, 1.807) is 30.5 Å². The Morgan fingerprint density at radius 2 is 1.88 bits per heavy atom. The molecule has 0 N–H and O–H groups in total. The number of oxazole rings is 1. The molecule has 0 radical (unpaired) electrons. The molecular weight excluding hydrogens is 334 g/mol. The lowest BCUT2D eigenvalue weighted by Crippen LogP contribution is -2.10. The molecule has 4 aromatic rings. The summed E-state index contributed by atoms with van der Waals surface area (Å²) in [6.07, 6.45) is 3.01. The minimum absolute atomic E-state index is 0.0738. The third-order valence-electron chi connectivity index (χ3n) is 3.66. The molecule has 8 heteroatoms. The third kappa shape index (κ3) is 3.20. The second-order valence-corrected chi connectivity index (χ2v) is 5.33. The molecule has 0 fully saturated rings. The van der Waals surface area contributed by atoms with Crippen LogP contribution in [-0.2, 0) is 11.3 Å². The van der Waals surface area contributed by atoms with Gasteiger partial charge in [-0.05, 0) is 22.6 Å². The van der Waals surface area contributed by atoms with Gasteiger partial charge in [-0.15, -0.1) is 5.10 Å². The summed E-state index contributed by atoms with van der Waals surface area (Å²) in [6, 6.07) is 16.5. The van der Waals surface area contributed by atoms with Crippen LogP contribution in [0.25, 0.3) is 17.0 Å². The number of carbonyl (C=O) groups is 1. The average Bonchev–Trinajstić information content (AvgIpc) is 3.39. The number of hydrogen-bond donors (Lipinski definition) is 0. The van der Waals surface area contributed by atoms with Gasteiger partial charge in [0.15, 0.2) is 12.4 Å². The third-order valence-corrected chi connectivity index (χ3v) is 3.66. The van der Waals surface area contributed by atoms with Crippen molar-refractivity contribution in [2.45, 2.75) is 6.61 Å². The molecule has 0 aliphatic rings. The lowest BCUT2D eigenvalue weighted by atomic mass is 10.2. The van der Waals surface area contributed by atoms with Crippen molar-refractivity contribution >= 4 is 5.97 Å². The summed E-state index contributed by atoms with van der Waals surface area (Å²) in [5, 5.41) is 11.0. The topological polar surface area (TPSA) is 95.9 Å². The van der Waals surface area contributed by atoms with Gasteiger partial charge < -0.3 is 9.15 Å². The molecule has 8 nitrogen and oxygen atoms in total. The van der Waals surface area contributed by atoms with Crippen molar-refractivity contribution in [1.82, 2.24) is 25.2 Å². The van der Waals surface area contributed by atoms with Crippen molar-refractivity contribution in [3.63, 3.8) is 0 Å². The molecule has 4 rings (SSSR count). The highest BCUT2D eigenvalue weighted by Crippen LogP contribution is 2.20. The first-order valence-corrected chi connectivity index (χ1v) is 7.81. The van der Waals surface area contributed by atoms with Crippen LogP contribution in [-0.4, -0.2) is 31.2 Å². The quantitative estimate of drug-likeness (QED) is 0.512. The van der Waals surface area contributed by atoms with Crippen LogP contribution in [0.5, 0.6) is 0 Å². The molecule has 0 spiro atoms. The van der Waals surface area contributed by atoms with Crippen LogP contribution in [0, 0.1) is 0 Å². The van der Waals surface area contributed by atoms with Crippen molar-refractivity contribution in [2.24, 2.45) is 0 Å². The summed E-state index contributed by atoms with van der Waals surface area (Å²) in [5.74, 6) is 0.415. The van der Waals surface area contributed by atoms with E-state index in [1.807, 2.05) is 30.3 Å². The molecule has 0 aliphatic carbocycles. The highest BCUT2D eigenvalue weighted by Gasteiger charge is 2.16. The molecule has 0 bridgehead atoms. The van der Waals surface area contributed by atoms with Crippen molar-refractivity contribution in [1.29, 1.82) is 0 Å². The number of aromatic nitrogens is 5. The second-order valence-electron chi connectivity index (χ2n) is 5.33. The zero-order valence-electron chi connectivity index (χ0n) is 13.5. The van der Waals surface area contributed by atoms with Crippen molar-refractivity contribution in [3.05, 3.63) is 78.6 Å². The van der Waals surface area contributed by atoms with Gasteiger partial charge >= 0.3 is 5.97 Å². The summed E-state index contributed by atoms with van der Waals surface area (Å²) >= 11 is 0. The van der Waals surface area contributed by atoms with E-state index in [1.165, 1.54) is 11.0 Å². The van der Waals surface area contributed by atoms with Gasteiger partial charge in [-0.25, -0.2) is 9.78 Å². The van der Waals surface area contributed by atoms with E-state index in [2.05, 4.69) is 20.5 Å². The minimum Gasteiger partial charge on any atom is -0.452 e. The standard InChI is InChI=1S/C18H13N5O3/c24-18(14-8-4-5-9-15(14)23-12-20-21-22-23)25-11-17-19-10-16(26-17)13-6-2-1-3-7-13/h1-10,12H,11H2. The lowest BCUT2D eigenvalue weighted by Gasteiger charge is -2.07. The van der Waals surface area contributed by atoms with Crippen molar-refractivity contribution in [2.75, 3.05) is 0 Å². The first-order chi connectivity index (χ1) is 12.8. The molecule has 2 aromatic carbocycles. The monoisotopic (exact) mass is 347 g/mol. The van der Waals surface area contributed by atoms with Crippen LogP contribution in [0.3, 0.4) is 0 Å². The van der Waals surface area contributed by atoms with Crippen molar-refractivity contribution in [3.8, 4) is 17.0 Å². The molecule has 0 saturated carbocycles. The van der Waals surface area contributed by atoms with E-state index in [-0.39, 0.29) is 6.61 Å². The number of carbonyl (C=O) groups excluding carboxylic acids is 1. The second kappa shape index (κ2) is 6.98. The Morgan fingerprint density at radius 3 is 2.69 bits per heavy atom. The van der Waals surface area contributed by atoms with Gasteiger partial charge in [-0.1, -0.05) is 42.5 Å². The van der Waals surface area contributed by atoms with Gasteiger partial charge in [-0.3, -0.25) is 0 Å². The molecule has 0 saturated heterocycles. The van der Waals surface area contributed by atoms with E-state index in [9.17, 15) is 4.79 Å². The molecule has 2 aromatic heterocycles. The number of tetrazole rings is 1. The summed E-state index contributed by atoms with van der Waals surface area (Å²) in [5.41, 5.74) is 1.77. The van der Waals surface area contributed by atoms with Gasteiger partial charge in [0.25, 0.3) is 0 Å². The average molecular weight is 347 g/mol. The fourth-order valence-corrected chi connectivity index (χ4v) is 2.44. The number of benzene rings is 2. The largest absolute Gasteiger partial charge is 0.452 e. The van der Waals surface area contributed by atoms with E-state index < -0.39 is 5.97 Å². The summed E-state index contributed by atoms with van der Waals surface area (Å²) in [4.78, 5) is 16.6. The van der Waals surface area contributed by atoms with Gasteiger partial charge in [0, 0.05) is 5.56 Å². The Bertz CT molecular complexity index is 1010. The van der Waals surface area contributed by atoms with Crippen LogP contribution >= 0.6 is 0 Å². The first kappa shape index (κ1) is 15.7. The number of para-hydroxylation sites is 1. The highest BCUT2D eigenvalue weighted by molar-refractivity contribution is 5.93. The normalized spacial score (nSPS) is 10.6. The fourth-order valence-electron chi connectivity index (χ4n) is 2.44. The minimum atomic E-state index is -0.518. The molecule has 2 heterocycles. The Hall–Kier alpha value is -3.81. The number of rotatable bonds is 5. The molecule has 0 aliphatic heterocycles. The van der Waals surface area contributed by atoms with E-state index in [0.29, 0.717) is 22.9 Å². The molecule has 128 valence electrons. The van der Waals surface area contributed by atoms with Gasteiger partial charge in [-0.2, -0.15) is 4.68 Å². The summed E-state index contributed by atoms with van der Waals surface area (Å²) in [7, 11) is 0. The fraction of sp³-hybridized carbons (Fsp3) is 0.0556. The van der Waals surface area contributed by atoms with Gasteiger partial charge in [0.1, 0.15) is 6.33 Å². The van der Waals surface area contributed by atoms with Crippen LogP contribution in [0.4, 0.5) is 0 Å². The molecule has 0 atom stereocenters. The summed E-state index contributed by atoms with van der Waals surface area (Å²) in [6.45, 7) is -0.0738. The van der Waals surface area contributed by atoms with E-state index in [0.717, 1.165) is 5.56 Å². The number of nitrogens with zero attached hydrogens (tertiary/aromatic N) is 5. The van der Waals surface area contributed by atoms with Crippen LogP contribution in [0.2, 0.25) is 0 Å². The van der Waals surface area contributed by atoms with E-state index >= 15 is 0 Å². The highest BCUT2D eigenvalue weighted by atomic mass is 16.5. The SMILES string of the molecule is O=C(OCc1ncc(-c2ccccc2)o1)c1ccccc1-n1cnnn1. The molecule has 26 heavy (non-hydrogen) atoms. The van der Waals surface area contributed by atoms with Gasteiger partial charge in [0.2, 0.25) is 5.89 Å². The predicted molar refractivity (Wildman–Crippen MR) is 90.2 cm³/mol. The smallest absolute Gasteiger partial charge is 0.340 e. The Balaban J connectivity index is 1.48. The maximum absolute atomic E-state index is 12.4. The zero-order chi connectivity index (χ0) is 17.8. The Morgan fingerprint density at radius 1 is 1.08 bits per heavy atom. The van der Waals surface area contributed by atoms with Crippen LogP contribution < -0.4 is 0 Å².